The maximum Gasteiger partial charge on any atom is 0.323 e. The van der Waals surface area contributed by atoms with Crippen LogP contribution in [0.4, 0.5) is 5.69 Å². The number of hydrogen-bond donors (Lipinski definition) is 3. The zero-order valence-electron chi connectivity index (χ0n) is 14.4. The zero-order chi connectivity index (χ0) is 18.6. The Morgan fingerprint density at radius 2 is 2.08 bits per heavy atom. The van der Waals surface area contributed by atoms with Gasteiger partial charge in [0.05, 0.1) is 5.25 Å². The number of carbonyl (C=O) groups is 3. The number of carboxylic acid groups (broad SMARTS) is 1. The molecule has 1 aromatic rings. The molecule has 1 aliphatic rings. The minimum absolute atomic E-state index is 0.0801. The van der Waals surface area contributed by atoms with E-state index in [1.807, 2.05) is 26.0 Å². The fourth-order valence-electron chi connectivity index (χ4n) is 2.89. The van der Waals surface area contributed by atoms with Crippen LogP contribution in [0.5, 0.6) is 0 Å². The summed E-state index contributed by atoms with van der Waals surface area (Å²) in [4.78, 5) is 37.7. The summed E-state index contributed by atoms with van der Waals surface area (Å²) < 4.78 is 0. The van der Waals surface area contributed by atoms with Crippen molar-refractivity contribution in [3.05, 3.63) is 29.8 Å². The average Bonchev–Trinajstić information content (AvgIpc) is 2.72. The summed E-state index contributed by atoms with van der Waals surface area (Å²) in [6.45, 7) is 3.47. The minimum atomic E-state index is -1.10. The van der Waals surface area contributed by atoms with Gasteiger partial charge in [-0.2, -0.15) is 12.6 Å². The molecule has 0 fully saturated rings. The number of nitrogens with one attached hydrogen (secondary N) is 1. The number of fused-ring (bicyclic) bond motifs is 1. The second-order valence-electron chi connectivity index (χ2n) is 6.38. The molecule has 1 aliphatic heterocycles. The molecule has 0 saturated heterocycles. The van der Waals surface area contributed by atoms with Crippen LogP contribution >= 0.6 is 12.6 Å². The SMILES string of the molecule is CC[C@@H](C)[C@H](S)C(=O)N[C@H]1CCc2ccccc2N(CC(=O)O)C1=O. The van der Waals surface area contributed by atoms with Gasteiger partial charge in [-0.05, 0) is 30.4 Å². The first-order chi connectivity index (χ1) is 11.8. The molecule has 0 spiro atoms. The van der Waals surface area contributed by atoms with Gasteiger partial charge in [0.15, 0.2) is 0 Å². The van der Waals surface area contributed by atoms with Crippen LogP contribution in [0, 0.1) is 5.92 Å². The van der Waals surface area contributed by atoms with Crippen LogP contribution in [-0.2, 0) is 20.8 Å². The molecule has 3 atom stereocenters. The third-order valence-corrected chi connectivity index (χ3v) is 5.35. The summed E-state index contributed by atoms with van der Waals surface area (Å²) >= 11 is 4.35. The number of anilines is 1. The predicted molar refractivity (Wildman–Crippen MR) is 98.9 cm³/mol. The number of amides is 2. The van der Waals surface area contributed by atoms with Crippen LogP contribution in [0.2, 0.25) is 0 Å². The summed E-state index contributed by atoms with van der Waals surface area (Å²) in [7, 11) is 0. The largest absolute Gasteiger partial charge is 0.480 e. The lowest BCUT2D eigenvalue weighted by Gasteiger charge is -2.26. The van der Waals surface area contributed by atoms with Crippen molar-refractivity contribution < 1.29 is 19.5 Å². The Morgan fingerprint density at radius 3 is 2.72 bits per heavy atom. The molecule has 0 aromatic heterocycles. The molecule has 0 unspecified atom stereocenters. The molecular weight excluding hydrogens is 340 g/mol. The van der Waals surface area contributed by atoms with Crippen LogP contribution in [0.15, 0.2) is 24.3 Å². The summed E-state index contributed by atoms with van der Waals surface area (Å²) in [5.74, 6) is -1.71. The van der Waals surface area contributed by atoms with E-state index in [2.05, 4.69) is 17.9 Å². The fraction of sp³-hybridized carbons (Fsp3) is 0.500. The number of benzene rings is 1. The molecular formula is C18H24N2O4S. The van der Waals surface area contributed by atoms with Gasteiger partial charge >= 0.3 is 5.97 Å². The van der Waals surface area contributed by atoms with Gasteiger partial charge in [-0.25, -0.2) is 0 Å². The Bertz CT molecular complexity index is 664. The normalized spacial score (nSPS) is 19.6. The molecule has 2 N–H and O–H groups in total. The number of carbonyl (C=O) groups excluding carboxylic acids is 2. The number of thiol groups is 1. The lowest BCUT2D eigenvalue weighted by Crippen LogP contribution is -2.51. The molecule has 0 radical (unpaired) electrons. The highest BCUT2D eigenvalue weighted by Crippen LogP contribution is 2.27. The van der Waals surface area contributed by atoms with Crippen LogP contribution in [0.1, 0.15) is 32.3 Å². The molecule has 136 valence electrons. The van der Waals surface area contributed by atoms with Crippen molar-refractivity contribution in [1.29, 1.82) is 0 Å². The number of aliphatic carboxylic acids is 1. The van der Waals surface area contributed by atoms with E-state index in [0.29, 0.717) is 18.5 Å². The van der Waals surface area contributed by atoms with E-state index in [1.165, 1.54) is 4.90 Å². The Hall–Kier alpha value is -2.02. The number of rotatable bonds is 6. The van der Waals surface area contributed by atoms with E-state index in [-0.39, 0.29) is 11.8 Å². The maximum atomic E-state index is 12.9. The monoisotopic (exact) mass is 364 g/mol. The molecule has 7 heteroatoms. The van der Waals surface area contributed by atoms with Crippen molar-refractivity contribution in [2.24, 2.45) is 5.92 Å². The van der Waals surface area contributed by atoms with Gasteiger partial charge in [-0.15, -0.1) is 0 Å². The van der Waals surface area contributed by atoms with Crippen LogP contribution in [0.25, 0.3) is 0 Å². The first-order valence-corrected chi connectivity index (χ1v) is 8.96. The summed E-state index contributed by atoms with van der Waals surface area (Å²) in [5.41, 5.74) is 1.49. The van der Waals surface area contributed by atoms with Gasteiger partial charge in [0, 0.05) is 5.69 Å². The molecule has 1 heterocycles. The number of nitrogens with zero attached hydrogens (tertiary/aromatic N) is 1. The zero-order valence-corrected chi connectivity index (χ0v) is 15.3. The highest BCUT2D eigenvalue weighted by molar-refractivity contribution is 7.81. The lowest BCUT2D eigenvalue weighted by atomic mass is 10.0. The van der Waals surface area contributed by atoms with Gasteiger partial charge in [0.2, 0.25) is 11.8 Å². The highest BCUT2D eigenvalue weighted by atomic mass is 32.1. The van der Waals surface area contributed by atoms with Crippen molar-refractivity contribution in [1.82, 2.24) is 5.32 Å². The van der Waals surface area contributed by atoms with E-state index in [9.17, 15) is 14.4 Å². The van der Waals surface area contributed by atoms with E-state index in [1.54, 1.807) is 12.1 Å². The topological polar surface area (TPSA) is 86.7 Å². The van der Waals surface area contributed by atoms with Gasteiger partial charge in [0.1, 0.15) is 12.6 Å². The molecule has 2 amide bonds. The Labute approximate surface area is 153 Å². The number of para-hydroxylation sites is 1. The van der Waals surface area contributed by atoms with Crippen LogP contribution in [-0.4, -0.2) is 40.7 Å². The van der Waals surface area contributed by atoms with Gasteiger partial charge in [-0.1, -0.05) is 38.5 Å². The fourth-order valence-corrected chi connectivity index (χ4v) is 3.17. The molecule has 6 nitrogen and oxygen atoms in total. The average molecular weight is 364 g/mol. The van der Waals surface area contributed by atoms with Gasteiger partial charge in [0.25, 0.3) is 0 Å². The Kier molecular flexibility index (Phi) is 6.47. The van der Waals surface area contributed by atoms with Crippen molar-refractivity contribution in [3.63, 3.8) is 0 Å². The van der Waals surface area contributed by atoms with E-state index >= 15 is 0 Å². The summed E-state index contributed by atoms with van der Waals surface area (Å²) in [5, 5.41) is 11.4. The maximum absolute atomic E-state index is 12.9. The van der Waals surface area contributed by atoms with E-state index in [4.69, 9.17) is 5.11 Å². The lowest BCUT2D eigenvalue weighted by molar-refractivity contribution is -0.137. The number of hydrogen-bond acceptors (Lipinski definition) is 4. The third kappa shape index (κ3) is 4.54. The Balaban J connectivity index is 2.23. The molecule has 0 saturated carbocycles. The minimum Gasteiger partial charge on any atom is -0.480 e. The smallest absolute Gasteiger partial charge is 0.323 e. The first kappa shape index (κ1) is 19.3. The van der Waals surface area contributed by atoms with Crippen molar-refractivity contribution in [3.8, 4) is 0 Å². The van der Waals surface area contributed by atoms with Crippen molar-refractivity contribution in [2.75, 3.05) is 11.4 Å². The van der Waals surface area contributed by atoms with E-state index < -0.39 is 29.7 Å². The molecule has 1 aromatic carbocycles. The van der Waals surface area contributed by atoms with E-state index in [0.717, 1.165) is 12.0 Å². The third-order valence-electron chi connectivity index (χ3n) is 4.61. The standard InChI is InChI=1S/C18H24N2O4S/c1-3-11(2)16(25)17(23)19-13-9-8-12-6-4-5-7-14(12)20(18(13)24)10-15(21)22/h4-7,11,13,16,25H,3,8-10H2,1-2H3,(H,19,23)(H,21,22)/t11-,13+,16+/m1/s1. The summed E-state index contributed by atoms with van der Waals surface area (Å²) in [6, 6.07) is 6.49. The number of carboxylic acids is 1. The second kappa shape index (κ2) is 8.38. The second-order valence-corrected chi connectivity index (χ2v) is 6.93. The predicted octanol–water partition coefficient (Wildman–Crippen LogP) is 1.88. The van der Waals surface area contributed by atoms with Crippen LogP contribution in [0.3, 0.4) is 0 Å². The summed E-state index contributed by atoms with van der Waals surface area (Å²) in [6.07, 6.45) is 1.82. The van der Waals surface area contributed by atoms with Gasteiger partial charge < -0.3 is 10.4 Å². The van der Waals surface area contributed by atoms with Crippen molar-refractivity contribution in [2.45, 2.75) is 44.4 Å². The number of aryl methyl sites for hydroxylation is 1. The molecule has 0 aliphatic carbocycles. The van der Waals surface area contributed by atoms with Crippen molar-refractivity contribution >= 4 is 36.1 Å². The quantitative estimate of drug-likeness (QED) is 0.673. The molecule has 25 heavy (non-hydrogen) atoms. The Morgan fingerprint density at radius 1 is 1.40 bits per heavy atom. The molecule has 0 bridgehead atoms. The van der Waals surface area contributed by atoms with Gasteiger partial charge in [-0.3, -0.25) is 19.3 Å². The molecule has 2 rings (SSSR count). The first-order valence-electron chi connectivity index (χ1n) is 8.44. The highest BCUT2D eigenvalue weighted by Gasteiger charge is 2.33. The van der Waals surface area contributed by atoms with Crippen LogP contribution < -0.4 is 10.2 Å².